The van der Waals surface area contributed by atoms with Crippen LogP contribution in [0.1, 0.15) is 96.8 Å². The Hall–Kier alpha value is -0.180. The predicted molar refractivity (Wildman–Crippen MR) is 95.8 cm³/mol. The molecule has 0 aromatic rings. The van der Waals surface area contributed by atoms with Gasteiger partial charge in [0.1, 0.15) is 0 Å². The molecule has 1 saturated carbocycles. The highest BCUT2D eigenvalue weighted by molar-refractivity contribution is 8.00. The Labute approximate surface area is 136 Å². The van der Waals surface area contributed by atoms with E-state index < -0.39 is 0 Å². The number of thioether (sulfide) groups is 1. The minimum absolute atomic E-state index is 0.502. The molecule has 0 aromatic heterocycles. The molecule has 3 heteroatoms. The van der Waals surface area contributed by atoms with Gasteiger partial charge < -0.3 is 5.21 Å². The van der Waals surface area contributed by atoms with E-state index in [2.05, 4.69) is 12.1 Å². The summed E-state index contributed by atoms with van der Waals surface area (Å²) in [6, 6.07) is 0. The molecule has 0 amide bonds. The summed E-state index contributed by atoms with van der Waals surface area (Å²) in [6.07, 6.45) is 18.8. The maximum Gasteiger partial charge on any atom is 0.0700 e. The number of rotatable bonds is 12. The van der Waals surface area contributed by atoms with Crippen LogP contribution in [0.15, 0.2) is 5.16 Å². The van der Waals surface area contributed by atoms with E-state index in [0.29, 0.717) is 5.25 Å². The first-order chi connectivity index (χ1) is 10.4. The van der Waals surface area contributed by atoms with Crippen molar-refractivity contribution in [2.24, 2.45) is 5.16 Å². The third-order valence-electron chi connectivity index (χ3n) is 4.47. The molecule has 1 fully saturated rings. The van der Waals surface area contributed by atoms with E-state index in [1.54, 1.807) is 0 Å². The summed E-state index contributed by atoms with van der Waals surface area (Å²) in [5.41, 5.74) is 1.04. The number of unbranched alkanes of at least 4 members (excludes halogenated alkanes) is 9. The maximum atomic E-state index is 9.01. The zero-order chi connectivity index (χ0) is 15.2. The Morgan fingerprint density at radius 1 is 0.952 bits per heavy atom. The van der Waals surface area contributed by atoms with Crippen molar-refractivity contribution in [3.8, 4) is 0 Å². The van der Waals surface area contributed by atoms with Crippen LogP contribution in [0, 0.1) is 0 Å². The van der Waals surface area contributed by atoms with Gasteiger partial charge in [-0.3, -0.25) is 0 Å². The molecule has 21 heavy (non-hydrogen) atoms. The Kier molecular flexibility index (Phi) is 12.1. The highest BCUT2D eigenvalue weighted by Gasteiger charge is 2.20. The second-order valence-corrected chi connectivity index (χ2v) is 7.69. The van der Waals surface area contributed by atoms with Crippen LogP contribution in [0.2, 0.25) is 0 Å². The van der Waals surface area contributed by atoms with Crippen LogP contribution < -0.4 is 0 Å². The van der Waals surface area contributed by atoms with Crippen molar-refractivity contribution in [3.63, 3.8) is 0 Å². The second-order valence-electron chi connectivity index (χ2n) is 6.38. The minimum atomic E-state index is 0.502. The lowest BCUT2D eigenvalue weighted by Crippen LogP contribution is -2.22. The van der Waals surface area contributed by atoms with Crippen LogP contribution in [-0.4, -0.2) is 21.9 Å². The summed E-state index contributed by atoms with van der Waals surface area (Å²) in [7, 11) is 0. The first kappa shape index (κ1) is 18.9. The number of nitrogens with zero attached hydrogens (tertiary/aromatic N) is 1. The largest absolute Gasteiger partial charge is 0.411 e. The summed E-state index contributed by atoms with van der Waals surface area (Å²) < 4.78 is 0. The van der Waals surface area contributed by atoms with Gasteiger partial charge in [0.15, 0.2) is 0 Å². The van der Waals surface area contributed by atoms with E-state index >= 15 is 0 Å². The summed E-state index contributed by atoms with van der Waals surface area (Å²) in [5, 5.41) is 13.0. The van der Waals surface area contributed by atoms with Crippen LogP contribution >= 0.6 is 11.8 Å². The van der Waals surface area contributed by atoms with E-state index in [0.717, 1.165) is 12.1 Å². The molecule has 1 rings (SSSR count). The fourth-order valence-corrected chi connectivity index (χ4v) is 4.42. The van der Waals surface area contributed by atoms with E-state index in [-0.39, 0.29) is 0 Å². The summed E-state index contributed by atoms with van der Waals surface area (Å²) in [4.78, 5) is 0. The van der Waals surface area contributed by atoms with Gasteiger partial charge in [0, 0.05) is 5.25 Å². The Morgan fingerprint density at radius 3 is 2.19 bits per heavy atom. The van der Waals surface area contributed by atoms with Crippen LogP contribution in [0.5, 0.6) is 0 Å². The Bertz CT molecular complexity index is 268. The van der Waals surface area contributed by atoms with Crippen LogP contribution in [-0.2, 0) is 0 Å². The van der Waals surface area contributed by atoms with Crippen molar-refractivity contribution in [3.05, 3.63) is 0 Å². The lowest BCUT2D eigenvalue weighted by molar-refractivity contribution is 0.314. The van der Waals surface area contributed by atoms with Gasteiger partial charge in [-0.2, -0.15) is 11.8 Å². The third kappa shape index (κ3) is 9.44. The molecule has 0 radical (unpaired) electrons. The quantitative estimate of drug-likeness (QED) is 0.256. The molecular weight excluding hydrogens is 278 g/mol. The number of hydrogen-bond acceptors (Lipinski definition) is 3. The molecule has 0 heterocycles. The Morgan fingerprint density at radius 2 is 1.57 bits per heavy atom. The third-order valence-corrected chi connectivity index (χ3v) is 5.90. The molecular formula is C18H35NOS. The monoisotopic (exact) mass is 313 g/mol. The smallest absolute Gasteiger partial charge is 0.0700 e. The molecule has 0 unspecified atom stereocenters. The van der Waals surface area contributed by atoms with Gasteiger partial charge in [0.25, 0.3) is 0 Å². The predicted octanol–water partition coefficient (Wildman–Crippen LogP) is 6.41. The molecule has 0 aromatic carbocycles. The van der Waals surface area contributed by atoms with Gasteiger partial charge in [-0.1, -0.05) is 76.3 Å². The van der Waals surface area contributed by atoms with Crippen molar-refractivity contribution < 1.29 is 5.21 Å². The molecule has 1 aliphatic rings. The molecule has 1 N–H and O–H groups in total. The van der Waals surface area contributed by atoms with Crippen molar-refractivity contribution in [2.75, 3.05) is 5.75 Å². The molecule has 1 aliphatic carbocycles. The highest BCUT2D eigenvalue weighted by Crippen LogP contribution is 2.27. The highest BCUT2D eigenvalue weighted by atomic mass is 32.2. The topological polar surface area (TPSA) is 32.6 Å². The fourth-order valence-electron chi connectivity index (χ4n) is 3.07. The van der Waals surface area contributed by atoms with Crippen LogP contribution in [0.3, 0.4) is 0 Å². The van der Waals surface area contributed by atoms with Gasteiger partial charge in [-0.25, -0.2) is 0 Å². The molecule has 124 valence electrons. The van der Waals surface area contributed by atoms with Gasteiger partial charge in [-0.05, 0) is 31.4 Å². The standard InChI is InChI=1S/C18H35NOS/c1-2-3-4-5-6-7-8-9-10-13-16-21-18-15-12-11-14-17(18)19-20/h18,20H,2-16H2,1H3/b19-17-/t18-/m0/s1. The van der Waals surface area contributed by atoms with Gasteiger partial charge in [0.05, 0.1) is 5.71 Å². The first-order valence-corrected chi connectivity index (χ1v) is 10.3. The number of hydrogen-bond donors (Lipinski definition) is 1. The fraction of sp³-hybridized carbons (Fsp3) is 0.944. The molecule has 1 atom stereocenters. The average Bonchev–Trinajstić information content (AvgIpc) is 2.53. The molecule has 0 bridgehead atoms. The van der Waals surface area contributed by atoms with E-state index in [1.165, 1.54) is 89.2 Å². The van der Waals surface area contributed by atoms with Gasteiger partial charge in [0.2, 0.25) is 0 Å². The second kappa shape index (κ2) is 13.5. The summed E-state index contributed by atoms with van der Waals surface area (Å²) in [6.45, 7) is 2.28. The van der Waals surface area contributed by atoms with Crippen molar-refractivity contribution in [2.45, 2.75) is 102 Å². The SMILES string of the molecule is CCCCCCCCCCCCS[C@H]1CCCC/C1=N/O. The average molecular weight is 314 g/mol. The van der Waals surface area contributed by atoms with E-state index in [9.17, 15) is 0 Å². The number of oxime groups is 1. The lowest BCUT2D eigenvalue weighted by atomic mass is 9.98. The van der Waals surface area contributed by atoms with E-state index in [4.69, 9.17) is 5.21 Å². The molecule has 0 spiro atoms. The maximum absolute atomic E-state index is 9.01. The van der Waals surface area contributed by atoms with Gasteiger partial charge in [-0.15, -0.1) is 0 Å². The van der Waals surface area contributed by atoms with Crippen molar-refractivity contribution >= 4 is 17.5 Å². The first-order valence-electron chi connectivity index (χ1n) is 9.21. The van der Waals surface area contributed by atoms with E-state index in [1.807, 2.05) is 11.8 Å². The zero-order valence-corrected chi connectivity index (χ0v) is 14.8. The van der Waals surface area contributed by atoms with Crippen LogP contribution in [0.25, 0.3) is 0 Å². The molecule has 0 saturated heterocycles. The van der Waals surface area contributed by atoms with Gasteiger partial charge >= 0.3 is 0 Å². The van der Waals surface area contributed by atoms with Crippen molar-refractivity contribution in [1.29, 1.82) is 0 Å². The molecule has 2 nitrogen and oxygen atoms in total. The normalized spacial score (nSPS) is 21.0. The zero-order valence-electron chi connectivity index (χ0n) is 14.0. The minimum Gasteiger partial charge on any atom is -0.411 e. The summed E-state index contributed by atoms with van der Waals surface area (Å²) >= 11 is 2.02. The van der Waals surface area contributed by atoms with Crippen LogP contribution in [0.4, 0.5) is 0 Å². The molecule has 0 aliphatic heterocycles. The van der Waals surface area contributed by atoms with Crippen molar-refractivity contribution in [1.82, 2.24) is 0 Å². The Balaban J connectivity index is 1.86. The summed E-state index contributed by atoms with van der Waals surface area (Å²) in [5.74, 6) is 1.24. The lowest BCUT2D eigenvalue weighted by Gasteiger charge is -2.22.